The highest BCUT2D eigenvalue weighted by Gasteiger charge is 2.13. The number of anilines is 1. The van der Waals surface area contributed by atoms with Crippen molar-refractivity contribution in [1.29, 1.82) is 0 Å². The van der Waals surface area contributed by atoms with Crippen molar-refractivity contribution in [3.8, 4) is 11.4 Å². The van der Waals surface area contributed by atoms with Crippen molar-refractivity contribution in [1.82, 2.24) is 9.55 Å². The number of benzene rings is 2. The van der Waals surface area contributed by atoms with Gasteiger partial charge in [0.05, 0.1) is 0 Å². The predicted octanol–water partition coefficient (Wildman–Crippen LogP) is 3.65. The van der Waals surface area contributed by atoms with Gasteiger partial charge in [-0.1, -0.05) is 11.6 Å². The third-order valence-electron chi connectivity index (χ3n) is 3.67. The molecule has 1 aromatic heterocycles. The van der Waals surface area contributed by atoms with E-state index >= 15 is 0 Å². The first-order chi connectivity index (χ1) is 12.4. The van der Waals surface area contributed by atoms with E-state index in [1.54, 1.807) is 31.2 Å². The van der Waals surface area contributed by atoms with Crippen molar-refractivity contribution in [3.05, 3.63) is 81.5 Å². The molecule has 132 valence electrons. The molecule has 0 spiro atoms. The van der Waals surface area contributed by atoms with Crippen LogP contribution in [0.15, 0.2) is 59.4 Å². The van der Waals surface area contributed by atoms with E-state index in [0.29, 0.717) is 27.8 Å². The molecule has 0 aliphatic rings. The first kappa shape index (κ1) is 17.8. The number of amides is 1. The molecule has 1 N–H and O–H groups in total. The van der Waals surface area contributed by atoms with Crippen molar-refractivity contribution >= 4 is 23.2 Å². The van der Waals surface area contributed by atoms with Crippen LogP contribution in [0.5, 0.6) is 0 Å². The van der Waals surface area contributed by atoms with Gasteiger partial charge in [0.25, 0.3) is 5.56 Å². The summed E-state index contributed by atoms with van der Waals surface area (Å²) in [4.78, 5) is 29.1. The highest BCUT2D eigenvalue weighted by molar-refractivity contribution is 6.30. The van der Waals surface area contributed by atoms with Crippen LogP contribution in [0.3, 0.4) is 0 Å². The highest BCUT2D eigenvalue weighted by Crippen LogP contribution is 2.17. The number of hydrogen-bond acceptors (Lipinski definition) is 3. The zero-order valence-corrected chi connectivity index (χ0v) is 14.6. The van der Waals surface area contributed by atoms with Crippen molar-refractivity contribution in [2.24, 2.45) is 0 Å². The monoisotopic (exact) mass is 371 g/mol. The van der Waals surface area contributed by atoms with Gasteiger partial charge < -0.3 is 5.32 Å². The number of hydrogen-bond donors (Lipinski definition) is 1. The Kier molecular flexibility index (Phi) is 5.14. The van der Waals surface area contributed by atoms with Gasteiger partial charge in [0, 0.05) is 28.0 Å². The second-order valence-corrected chi connectivity index (χ2v) is 6.14. The predicted molar refractivity (Wildman–Crippen MR) is 98.7 cm³/mol. The van der Waals surface area contributed by atoms with Gasteiger partial charge in [-0.3, -0.25) is 14.2 Å². The van der Waals surface area contributed by atoms with Crippen molar-refractivity contribution < 1.29 is 9.18 Å². The van der Waals surface area contributed by atoms with E-state index in [2.05, 4.69) is 10.3 Å². The lowest BCUT2D eigenvalue weighted by Crippen LogP contribution is -2.29. The van der Waals surface area contributed by atoms with Crippen molar-refractivity contribution in [3.63, 3.8) is 0 Å². The summed E-state index contributed by atoms with van der Waals surface area (Å²) in [5.74, 6) is -0.472. The molecule has 0 bridgehead atoms. The van der Waals surface area contributed by atoms with Gasteiger partial charge in [0.2, 0.25) is 5.91 Å². The summed E-state index contributed by atoms with van der Waals surface area (Å²) in [5.41, 5.74) is 1.27. The second kappa shape index (κ2) is 7.49. The molecule has 0 fully saturated rings. The molecule has 0 saturated heterocycles. The third-order valence-corrected chi connectivity index (χ3v) is 3.92. The van der Waals surface area contributed by atoms with Gasteiger partial charge >= 0.3 is 0 Å². The van der Waals surface area contributed by atoms with E-state index < -0.39 is 5.82 Å². The third kappa shape index (κ3) is 4.15. The average Bonchev–Trinajstić information content (AvgIpc) is 2.60. The molecule has 0 aliphatic heterocycles. The summed E-state index contributed by atoms with van der Waals surface area (Å²) in [6.07, 6.45) is 0. The number of rotatable bonds is 4. The van der Waals surface area contributed by atoms with Crippen LogP contribution in [0, 0.1) is 12.7 Å². The lowest BCUT2D eigenvalue weighted by atomic mass is 10.2. The lowest BCUT2D eigenvalue weighted by molar-refractivity contribution is -0.116. The Balaban J connectivity index is 1.91. The number of aromatic nitrogens is 2. The summed E-state index contributed by atoms with van der Waals surface area (Å²) in [6, 6.07) is 13.6. The maximum atomic E-state index is 13.2. The molecule has 0 unspecified atom stereocenters. The van der Waals surface area contributed by atoms with Gasteiger partial charge in [-0.2, -0.15) is 0 Å². The Labute approximate surface area is 154 Å². The van der Waals surface area contributed by atoms with Crippen LogP contribution in [-0.4, -0.2) is 15.5 Å². The zero-order chi connectivity index (χ0) is 18.7. The number of carbonyl (C=O) groups excluding carboxylic acids is 1. The van der Waals surface area contributed by atoms with E-state index in [0.717, 1.165) is 0 Å². The quantitative estimate of drug-likeness (QED) is 0.761. The van der Waals surface area contributed by atoms with Crippen molar-refractivity contribution in [2.75, 3.05) is 5.32 Å². The maximum absolute atomic E-state index is 13.2. The van der Waals surface area contributed by atoms with Crippen LogP contribution in [0.1, 0.15) is 5.69 Å². The van der Waals surface area contributed by atoms with Crippen LogP contribution < -0.4 is 10.9 Å². The minimum Gasteiger partial charge on any atom is -0.325 e. The van der Waals surface area contributed by atoms with Gasteiger partial charge in [-0.25, -0.2) is 9.37 Å². The Morgan fingerprint density at radius 3 is 2.46 bits per heavy atom. The van der Waals surface area contributed by atoms with Crippen molar-refractivity contribution in [2.45, 2.75) is 13.5 Å². The molecule has 2 aromatic carbocycles. The molecule has 0 atom stereocenters. The smallest absolute Gasteiger partial charge is 0.254 e. The number of nitrogens with one attached hydrogen (secondary N) is 1. The molecular weight excluding hydrogens is 357 g/mol. The largest absolute Gasteiger partial charge is 0.325 e. The minimum atomic E-state index is -0.393. The number of nitrogens with zero attached hydrogens (tertiary/aromatic N) is 2. The van der Waals surface area contributed by atoms with Crippen LogP contribution in [-0.2, 0) is 11.3 Å². The fourth-order valence-corrected chi connectivity index (χ4v) is 2.60. The van der Waals surface area contributed by atoms with E-state index in [1.807, 2.05) is 0 Å². The summed E-state index contributed by atoms with van der Waals surface area (Å²) < 4.78 is 14.4. The Morgan fingerprint density at radius 2 is 1.81 bits per heavy atom. The molecule has 0 radical (unpaired) electrons. The highest BCUT2D eigenvalue weighted by atomic mass is 35.5. The van der Waals surface area contributed by atoms with Gasteiger partial charge in [0.15, 0.2) is 0 Å². The molecule has 1 heterocycles. The molecule has 3 aromatic rings. The maximum Gasteiger partial charge on any atom is 0.254 e. The standard InChI is InChI=1S/C19H15ClFN3O2/c1-12-10-18(26)24(19(22-12)13-2-6-15(21)7-3-13)11-17(25)23-16-8-4-14(20)5-9-16/h2-10H,11H2,1H3,(H,23,25). The molecule has 1 amide bonds. The van der Waals surface area contributed by atoms with Gasteiger partial charge in [0.1, 0.15) is 18.2 Å². The molecular formula is C19H15ClFN3O2. The van der Waals surface area contributed by atoms with Crippen LogP contribution in [0.2, 0.25) is 5.02 Å². The van der Waals surface area contributed by atoms with E-state index in [9.17, 15) is 14.0 Å². The molecule has 7 heteroatoms. The van der Waals surface area contributed by atoms with Crippen LogP contribution in [0.4, 0.5) is 10.1 Å². The summed E-state index contributed by atoms with van der Waals surface area (Å²) in [5, 5.41) is 3.26. The van der Waals surface area contributed by atoms with Gasteiger partial charge in [-0.05, 0) is 55.5 Å². The van der Waals surface area contributed by atoms with Gasteiger partial charge in [-0.15, -0.1) is 0 Å². The average molecular weight is 372 g/mol. The first-order valence-corrected chi connectivity index (χ1v) is 8.20. The Bertz CT molecular complexity index is 999. The first-order valence-electron chi connectivity index (χ1n) is 7.82. The number of carbonyl (C=O) groups is 1. The molecule has 5 nitrogen and oxygen atoms in total. The molecule has 26 heavy (non-hydrogen) atoms. The summed E-state index contributed by atoms with van der Waals surface area (Å²) in [6.45, 7) is 1.47. The fourth-order valence-electron chi connectivity index (χ4n) is 2.47. The number of halogens is 2. The fraction of sp³-hybridized carbons (Fsp3) is 0.105. The Hall–Kier alpha value is -2.99. The van der Waals surface area contributed by atoms with Crippen LogP contribution >= 0.6 is 11.6 Å². The Morgan fingerprint density at radius 1 is 1.15 bits per heavy atom. The summed E-state index contributed by atoms with van der Waals surface area (Å²) in [7, 11) is 0. The SMILES string of the molecule is Cc1cc(=O)n(CC(=O)Nc2ccc(Cl)cc2)c(-c2ccc(F)cc2)n1. The lowest BCUT2D eigenvalue weighted by Gasteiger charge is -2.13. The zero-order valence-electron chi connectivity index (χ0n) is 13.9. The second-order valence-electron chi connectivity index (χ2n) is 5.71. The number of aryl methyl sites for hydroxylation is 1. The van der Waals surface area contributed by atoms with Crippen LogP contribution in [0.25, 0.3) is 11.4 Å². The normalized spacial score (nSPS) is 10.6. The molecule has 0 aliphatic carbocycles. The molecule has 0 saturated carbocycles. The van der Waals surface area contributed by atoms with E-state index in [-0.39, 0.29) is 18.0 Å². The van der Waals surface area contributed by atoms with E-state index in [1.165, 1.54) is 34.9 Å². The van der Waals surface area contributed by atoms with E-state index in [4.69, 9.17) is 11.6 Å². The summed E-state index contributed by atoms with van der Waals surface area (Å²) >= 11 is 5.82. The minimum absolute atomic E-state index is 0.221. The topological polar surface area (TPSA) is 64.0 Å². The molecule has 3 rings (SSSR count).